The highest BCUT2D eigenvalue weighted by atomic mass is 16.2. The van der Waals surface area contributed by atoms with E-state index in [1.807, 2.05) is 55.4 Å². The van der Waals surface area contributed by atoms with Crippen LogP contribution in [0, 0.1) is 0 Å². The van der Waals surface area contributed by atoms with Crippen LogP contribution < -0.4 is 10.2 Å². The molecular weight excluding hydrogens is 316 g/mol. The molecule has 1 heterocycles. The van der Waals surface area contributed by atoms with Crippen molar-refractivity contribution in [3.8, 4) is 0 Å². The maximum absolute atomic E-state index is 12.1. The Labute approximate surface area is 148 Å². The van der Waals surface area contributed by atoms with Crippen LogP contribution in [0.5, 0.6) is 0 Å². The molecule has 2 rings (SSSR count). The standard InChI is InChI=1S/C19H24N4O2/c1-15(24)23(14-16-5-4-11-20-13-16)12-10-19(25)21-17-6-8-18(9-7-17)22(2)3/h4-9,11,13H,10,12,14H2,1-3H3,(H,21,25). The molecule has 132 valence electrons. The highest BCUT2D eigenvalue weighted by Gasteiger charge is 2.12. The van der Waals surface area contributed by atoms with Crippen LogP contribution in [-0.4, -0.2) is 42.3 Å². The second-order valence-corrected chi connectivity index (χ2v) is 6.04. The van der Waals surface area contributed by atoms with Gasteiger partial charge in [0.1, 0.15) is 0 Å². The summed E-state index contributed by atoms with van der Waals surface area (Å²) in [7, 11) is 3.93. The molecule has 0 aliphatic rings. The maximum Gasteiger partial charge on any atom is 0.226 e. The molecule has 1 aromatic carbocycles. The van der Waals surface area contributed by atoms with Crippen LogP contribution >= 0.6 is 0 Å². The number of carbonyl (C=O) groups is 2. The van der Waals surface area contributed by atoms with Gasteiger partial charge >= 0.3 is 0 Å². The summed E-state index contributed by atoms with van der Waals surface area (Å²) in [6.45, 7) is 2.33. The van der Waals surface area contributed by atoms with E-state index in [0.717, 1.165) is 16.9 Å². The van der Waals surface area contributed by atoms with E-state index in [0.29, 0.717) is 13.1 Å². The fraction of sp³-hybridized carbons (Fsp3) is 0.316. The van der Waals surface area contributed by atoms with Gasteiger partial charge in [0, 0.05) is 64.3 Å². The Bertz CT molecular complexity index is 699. The molecule has 2 aromatic rings. The van der Waals surface area contributed by atoms with E-state index < -0.39 is 0 Å². The first-order valence-electron chi connectivity index (χ1n) is 8.17. The minimum absolute atomic E-state index is 0.0630. The van der Waals surface area contributed by atoms with Crippen LogP contribution in [0.4, 0.5) is 11.4 Å². The second-order valence-electron chi connectivity index (χ2n) is 6.04. The molecule has 1 N–H and O–H groups in total. The fourth-order valence-corrected chi connectivity index (χ4v) is 2.36. The Morgan fingerprint density at radius 2 is 1.84 bits per heavy atom. The molecule has 1 aromatic heterocycles. The predicted octanol–water partition coefficient (Wildman–Crippen LogP) is 2.52. The van der Waals surface area contributed by atoms with Gasteiger partial charge in [0.15, 0.2) is 0 Å². The number of anilines is 2. The molecule has 0 radical (unpaired) electrons. The van der Waals surface area contributed by atoms with E-state index in [9.17, 15) is 9.59 Å². The SMILES string of the molecule is CC(=O)N(CCC(=O)Nc1ccc(N(C)C)cc1)Cc1cccnc1. The number of aromatic nitrogens is 1. The van der Waals surface area contributed by atoms with Crippen molar-refractivity contribution < 1.29 is 9.59 Å². The highest BCUT2D eigenvalue weighted by Crippen LogP contribution is 2.16. The molecule has 0 bridgehead atoms. The third-order valence-electron chi connectivity index (χ3n) is 3.82. The molecule has 25 heavy (non-hydrogen) atoms. The Kier molecular flexibility index (Phi) is 6.51. The van der Waals surface area contributed by atoms with E-state index in [2.05, 4.69) is 10.3 Å². The van der Waals surface area contributed by atoms with Crippen LogP contribution in [0.2, 0.25) is 0 Å². The number of nitrogens with one attached hydrogen (secondary N) is 1. The van der Waals surface area contributed by atoms with Crippen molar-refractivity contribution in [3.05, 3.63) is 54.4 Å². The van der Waals surface area contributed by atoms with Gasteiger partial charge in [-0.25, -0.2) is 0 Å². The molecule has 0 unspecified atom stereocenters. The monoisotopic (exact) mass is 340 g/mol. The van der Waals surface area contributed by atoms with Crippen molar-refractivity contribution in [2.24, 2.45) is 0 Å². The third kappa shape index (κ3) is 5.91. The van der Waals surface area contributed by atoms with Gasteiger partial charge in [-0.05, 0) is 35.9 Å². The van der Waals surface area contributed by atoms with Gasteiger partial charge < -0.3 is 15.1 Å². The number of amides is 2. The zero-order valence-electron chi connectivity index (χ0n) is 14.9. The summed E-state index contributed by atoms with van der Waals surface area (Å²) in [5, 5.41) is 2.86. The molecule has 0 saturated heterocycles. The third-order valence-corrected chi connectivity index (χ3v) is 3.82. The molecule has 0 aliphatic carbocycles. The Morgan fingerprint density at radius 1 is 1.12 bits per heavy atom. The van der Waals surface area contributed by atoms with Crippen molar-refractivity contribution >= 4 is 23.2 Å². The maximum atomic E-state index is 12.1. The summed E-state index contributed by atoms with van der Waals surface area (Å²) in [6.07, 6.45) is 3.66. The lowest BCUT2D eigenvalue weighted by Crippen LogP contribution is -2.31. The molecular formula is C19H24N4O2. The molecule has 0 spiro atoms. The van der Waals surface area contributed by atoms with E-state index in [1.165, 1.54) is 6.92 Å². The minimum Gasteiger partial charge on any atom is -0.378 e. The lowest BCUT2D eigenvalue weighted by Gasteiger charge is -2.20. The van der Waals surface area contributed by atoms with E-state index in [1.54, 1.807) is 17.3 Å². The summed E-state index contributed by atoms with van der Waals surface area (Å²) in [5.41, 5.74) is 2.76. The molecule has 6 heteroatoms. The highest BCUT2D eigenvalue weighted by molar-refractivity contribution is 5.91. The summed E-state index contributed by atoms with van der Waals surface area (Å²) in [5.74, 6) is -0.179. The zero-order valence-corrected chi connectivity index (χ0v) is 14.9. The number of hydrogen-bond acceptors (Lipinski definition) is 4. The van der Waals surface area contributed by atoms with Crippen molar-refractivity contribution in [3.63, 3.8) is 0 Å². The van der Waals surface area contributed by atoms with Crippen molar-refractivity contribution in [2.75, 3.05) is 30.9 Å². The number of pyridine rings is 1. The average Bonchev–Trinajstić information content (AvgIpc) is 2.59. The van der Waals surface area contributed by atoms with Crippen molar-refractivity contribution in [1.29, 1.82) is 0 Å². The van der Waals surface area contributed by atoms with Crippen LogP contribution in [0.15, 0.2) is 48.8 Å². The summed E-state index contributed by atoms with van der Waals surface area (Å²) < 4.78 is 0. The number of hydrogen-bond donors (Lipinski definition) is 1. The van der Waals surface area contributed by atoms with Gasteiger partial charge in [-0.2, -0.15) is 0 Å². The number of carbonyl (C=O) groups excluding carboxylic acids is 2. The molecule has 0 aliphatic heterocycles. The molecule has 0 fully saturated rings. The smallest absolute Gasteiger partial charge is 0.226 e. The van der Waals surface area contributed by atoms with Crippen LogP contribution in [0.3, 0.4) is 0 Å². The fourth-order valence-electron chi connectivity index (χ4n) is 2.36. The van der Waals surface area contributed by atoms with E-state index >= 15 is 0 Å². The number of benzene rings is 1. The lowest BCUT2D eigenvalue weighted by atomic mass is 10.2. The van der Waals surface area contributed by atoms with Crippen molar-refractivity contribution in [2.45, 2.75) is 19.9 Å². The predicted molar refractivity (Wildman–Crippen MR) is 99.3 cm³/mol. The van der Waals surface area contributed by atoms with Gasteiger partial charge in [0.25, 0.3) is 0 Å². The first-order valence-corrected chi connectivity index (χ1v) is 8.17. The van der Waals surface area contributed by atoms with Gasteiger partial charge in [-0.3, -0.25) is 14.6 Å². The van der Waals surface area contributed by atoms with Gasteiger partial charge in [0.2, 0.25) is 11.8 Å². The molecule has 6 nitrogen and oxygen atoms in total. The topological polar surface area (TPSA) is 65.5 Å². The minimum atomic E-state index is -0.116. The van der Waals surface area contributed by atoms with E-state index in [4.69, 9.17) is 0 Å². The van der Waals surface area contributed by atoms with Gasteiger partial charge in [-0.15, -0.1) is 0 Å². The Balaban J connectivity index is 1.87. The molecule has 2 amide bonds. The molecule has 0 saturated carbocycles. The normalized spacial score (nSPS) is 10.2. The Hall–Kier alpha value is -2.89. The lowest BCUT2D eigenvalue weighted by molar-refractivity contribution is -0.129. The first-order chi connectivity index (χ1) is 12.0. The summed E-state index contributed by atoms with van der Waals surface area (Å²) >= 11 is 0. The average molecular weight is 340 g/mol. The summed E-state index contributed by atoms with van der Waals surface area (Å²) in [6, 6.07) is 11.4. The first kappa shape index (κ1) is 18.4. The number of nitrogens with zero attached hydrogens (tertiary/aromatic N) is 3. The van der Waals surface area contributed by atoms with Gasteiger partial charge in [-0.1, -0.05) is 6.07 Å². The largest absolute Gasteiger partial charge is 0.378 e. The molecule has 0 atom stereocenters. The van der Waals surface area contributed by atoms with Crippen LogP contribution in [0.25, 0.3) is 0 Å². The Morgan fingerprint density at radius 3 is 2.40 bits per heavy atom. The second kappa shape index (κ2) is 8.82. The quantitative estimate of drug-likeness (QED) is 0.841. The van der Waals surface area contributed by atoms with Crippen molar-refractivity contribution in [1.82, 2.24) is 9.88 Å². The zero-order chi connectivity index (χ0) is 18.2. The van der Waals surface area contributed by atoms with Crippen LogP contribution in [0.1, 0.15) is 18.9 Å². The summed E-state index contributed by atoms with van der Waals surface area (Å²) in [4.78, 5) is 31.6. The number of rotatable bonds is 7. The van der Waals surface area contributed by atoms with Gasteiger partial charge in [0.05, 0.1) is 0 Å². The van der Waals surface area contributed by atoms with Crippen LogP contribution in [-0.2, 0) is 16.1 Å². The van der Waals surface area contributed by atoms with E-state index in [-0.39, 0.29) is 18.2 Å².